The molecule has 0 aliphatic carbocycles. The monoisotopic (exact) mass is 1220 g/mol. The zero-order valence-electron chi connectivity index (χ0n) is 53.2. The van der Waals surface area contributed by atoms with E-state index >= 15 is 0 Å². The third-order valence-electron chi connectivity index (χ3n) is 15.7. The smallest absolute Gasteiger partial charge is 0.260 e. The number of nitrogens with one attached hydrogen (secondary N) is 3. The van der Waals surface area contributed by atoms with Gasteiger partial charge in [0, 0.05) is 80.3 Å². The highest BCUT2D eigenvalue weighted by atomic mass is 16.5. The lowest BCUT2D eigenvalue weighted by molar-refractivity contribution is -0.146. The molecule has 7 amide bonds. The fourth-order valence-corrected chi connectivity index (χ4v) is 10.2. The Labute approximate surface area is 525 Å². The van der Waals surface area contributed by atoms with Crippen molar-refractivity contribution in [1.29, 1.82) is 0 Å². The van der Waals surface area contributed by atoms with Gasteiger partial charge in [-0.25, -0.2) is 0 Å². The SMILES string of the molecule is C.CC.CCC.CCC(C)(CC)C(=O)N(C=O)CCCCCC(=O)NC(C(=O)NCC(=O)Nc1ccc(C2=CN3C(=O)c4cc(OC)c(OCCCOc5cc6c(cc5OC)C(=O)N5C=C(c7ccc(OC)cc7)CC5C=N6)cc4N=CC3C2)cc1)C(C)C. The van der Waals surface area contributed by atoms with E-state index in [2.05, 4.69) is 29.8 Å². The third-order valence-corrected chi connectivity index (χ3v) is 15.7. The van der Waals surface area contributed by atoms with Crippen LogP contribution in [0.4, 0.5) is 17.1 Å². The number of benzene rings is 4. The molecule has 20 nitrogen and oxygen atoms in total. The summed E-state index contributed by atoms with van der Waals surface area (Å²) in [6, 6.07) is 20.2. The number of amides is 7. The maximum Gasteiger partial charge on any atom is 0.260 e. The predicted molar refractivity (Wildman–Crippen MR) is 350 cm³/mol. The van der Waals surface area contributed by atoms with Crippen molar-refractivity contribution < 1.29 is 57.2 Å². The molecule has 4 aromatic carbocycles. The van der Waals surface area contributed by atoms with Crippen LogP contribution in [-0.4, -0.2) is 135 Å². The number of hydrogen-bond acceptors (Lipinski definition) is 14. The number of fused-ring (bicyclic) bond motifs is 4. The van der Waals surface area contributed by atoms with Crippen molar-refractivity contribution in [2.45, 2.75) is 152 Å². The zero-order valence-corrected chi connectivity index (χ0v) is 53.2. The normalized spacial score (nSPS) is 15.4. The van der Waals surface area contributed by atoms with Gasteiger partial charge in [0.1, 0.15) is 11.8 Å². The molecule has 4 aromatic rings. The number of carbonyl (C=O) groups excluding carboxylic acids is 7. The summed E-state index contributed by atoms with van der Waals surface area (Å²) in [6.07, 6.45) is 13.7. The number of rotatable bonds is 27. The first-order valence-electron chi connectivity index (χ1n) is 30.7. The van der Waals surface area contributed by atoms with Crippen LogP contribution in [0.15, 0.2) is 95.2 Å². The maximum absolute atomic E-state index is 14.1. The fraction of sp³-hybridized carbons (Fsp3) is 0.464. The molecular formula is C69H92N8O12. The van der Waals surface area contributed by atoms with Crippen molar-refractivity contribution in [2.24, 2.45) is 21.3 Å². The second-order valence-corrected chi connectivity index (χ2v) is 22.2. The number of aliphatic imine (C=N–C) groups is 2. The van der Waals surface area contributed by atoms with Gasteiger partial charge < -0.3 is 49.4 Å². The summed E-state index contributed by atoms with van der Waals surface area (Å²) < 4.78 is 29.0. The fourth-order valence-electron chi connectivity index (χ4n) is 10.2. The van der Waals surface area contributed by atoms with E-state index < -0.39 is 23.3 Å². The van der Waals surface area contributed by atoms with Gasteiger partial charge in [0.05, 0.1) is 75.7 Å². The minimum absolute atomic E-state index is 0. The van der Waals surface area contributed by atoms with Gasteiger partial charge in [-0.2, -0.15) is 0 Å². The molecule has 0 aromatic heterocycles. The van der Waals surface area contributed by atoms with E-state index in [1.807, 2.05) is 83.4 Å². The average Bonchev–Trinajstić information content (AvgIpc) is 2.06. The number of ether oxygens (including phenoxy) is 5. The van der Waals surface area contributed by atoms with Crippen molar-refractivity contribution in [3.8, 4) is 28.7 Å². The third kappa shape index (κ3) is 17.9. The number of imide groups is 1. The molecule has 0 saturated heterocycles. The Morgan fingerprint density at radius 3 is 1.63 bits per heavy atom. The first kappa shape index (κ1) is 70.9. The molecule has 3 atom stereocenters. The number of hydrogen-bond donors (Lipinski definition) is 3. The Bertz CT molecular complexity index is 3220. The summed E-state index contributed by atoms with van der Waals surface area (Å²) in [5.41, 5.74) is 5.36. The number of methoxy groups -OCH3 is 3. The van der Waals surface area contributed by atoms with Crippen LogP contribution in [0.1, 0.15) is 166 Å². The van der Waals surface area contributed by atoms with E-state index in [1.54, 1.807) is 79.6 Å². The van der Waals surface area contributed by atoms with Crippen LogP contribution < -0.4 is 39.6 Å². The molecule has 20 heteroatoms. The van der Waals surface area contributed by atoms with Gasteiger partial charge in [-0.1, -0.05) is 107 Å². The van der Waals surface area contributed by atoms with Gasteiger partial charge in [-0.05, 0) is 90.3 Å². The van der Waals surface area contributed by atoms with Crippen molar-refractivity contribution in [1.82, 2.24) is 25.3 Å². The highest BCUT2D eigenvalue weighted by Crippen LogP contribution is 2.42. The predicted octanol–water partition coefficient (Wildman–Crippen LogP) is 12.1. The first-order valence-corrected chi connectivity index (χ1v) is 30.7. The number of anilines is 1. The van der Waals surface area contributed by atoms with Gasteiger partial charge in [0.15, 0.2) is 23.0 Å². The van der Waals surface area contributed by atoms with Gasteiger partial charge >= 0.3 is 0 Å². The second kappa shape index (κ2) is 34.1. The van der Waals surface area contributed by atoms with Gasteiger partial charge in [0.25, 0.3) is 11.8 Å². The zero-order chi connectivity index (χ0) is 64.1. The molecule has 8 rings (SSSR count). The Morgan fingerprint density at radius 2 is 1.18 bits per heavy atom. The van der Waals surface area contributed by atoms with Crippen molar-refractivity contribution in [3.63, 3.8) is 0 Å². The summed E-state index contributed by atoms with van der Waals surface area (Å²) in [4.78, 5) is 106. The van der Waals surface area contributed by atoms with Crippen LogP contribution in [0.2, 0.25) is 0 Å². The molecule has 0 bridgehead atoms. The minimum Gasteiger partial charge on any atom is -0.497 e. The molecule has 480 valence electrons. The molecule has 4 aliphatic rings. The summed E-state index contributed by atoms with van der Waals surface area (Å²) in [5, 5.41) is 8.22. The molecule has 0 saturated carbocycles. The summed E-state index contributed by atoms with van der Waals surface area (Å²) >= 11 is 0. The Hall–Kier alpha value is -8.81. The Morgan fingerprint density at radius 1 is 0.685 bits per heavy atom. The quantitative estimate of drug-likeness (QED) is 0.0373. The summed E-state index contributed by atoms with van der Waals surface area (Å²) in [6.45, 7) is 18.0. The van der Waals surface area contributed by atoms with Crippen LogP contribution in [0, 0.1) is 11.3 Å². The molecule has 4 aliphatic heterocycles. The van der Waals surface area contributed by atoms with Crippen LogP contribution >= 0.6 is 0 Å². The van der Waals surface area contributed by atoms with E-state index in [-0.39, 0.29) is 81.8 Å². The average molecular weight is 1230 g/mol. The van der Waals surface area contributed by atoms with Crippen LogP contribution in [0.5, 0.6) is 28.7 Å². The standard InChI is InChI=1S/C63H74N8O12.C3H8.C2H6.CH4/c1-9-63(5,10-2)62(78)69(38-72)24-13-11-12-15-56(73)68-58(39(3)4)59(75)66-35-57(74)67-44-20-16-40(17-21-44)42-27-45-33-64-50-31-54(52(80-7)29-48(50)60(76)70(45)36-42)82-25-14-26-83-55-32-51-49(30-53(55)81-8)61(77)71-37-43(28-46(71)34-65-51)41-18-22-47(79-6)23-19-41;1-3-2;1-2;/h16-23,29-34,36-39,45-46,58H,9-15,24-28,35H2,1-8H3,(H,66,75)(H,67,74)(H,68,73);3H2,1-2H3;1-2H3;1H4. The molecular weight excluding hydrogens is 1130 g/mol. The second-order valence-electron chi connectivity index (χ2n) is 22.2. The van der Waals surface area contributed by atoms with Gasteiger partial charge in [0.2, 0.25) is 30.0 Å². The first-order chi connectivity index (χ1) is 42.4. The highest BCUT2D eigenvalue weighted by Gasteiger charge is 2.36. The topological polar surface area (TPSA) is 236 Å². The number of nitrogens with zero attached hydrogens (tertiary/aromatic N) is 5. The van der Waals surface area contributed by atoms with E-state index in [9.17, 15) is 33.6 Å². The minimum atomic E-state index is -0.861. The van der Waals surface area contributed by atoms with Gasteiger partial charge in [-0.15, -0.1) is 0 Å². The van der Waals surface area contributed by atoms with Crippen molar-refractivity contribution in [3.05, 3.63) is 107 Å². The number of carbonyl (C=O) groups is 7. The Kier molecular flexibility index (Phi) is 27.2. The lowest BCUT2D eigenvalue weighted by Crippen LogP contribution is -2.51. The van der Waals surface area contributed by atoms with Gasteiger partial charge in [-0.3, -0.25) is 48.4 Å². The molecule has 89 heavy (non-hydrogen) atoms. The lowest BCUT2D eigenvalue weighted by atomic mass is 9.83. The molecule has 0 spiro atoms. The molecule has 0 radical (unpaired) electrons. The van der Waals surface area contributed by atoms with Crippen molar-refractivity contribution in [2.75, 3.05) is 52.9 Å². The molecule has 4 heterocycles. The van der Waals surface area contributed by atoms with Crippen LogP contribution in [0.25, 0.3) is 11.1 Å². The molecule has 3 N–H and O–H groups in total. The van der Waals surface area contributed by atoms with Crippen molar-refractivity contribution >= 4 is 82.5 Å². The van der Waals surface area contributed by atoms with E-state index in [0.29, 0.717) is 109 Å². The Balaban J connectivity index is 0.00000233. The van der Waals surface area contributed by atoms with Crippen LogP contribution in [0.3, 0.4) is 0 Å². The maximum atomic E-state index is 14.1. The number of unbranched alkanes of at least 4 members (excludes halogenated alkanes) is 2. The van der Waals surface area contributed by atoms with E-state index in [0.717, 1.165) is 28.0 Å². The highest BCUT2D eigenvalue weighted by molar-refractivity contribution is 6.07. The van der Waals surface area contributed by atoms with E-state index in [4.69, 9.17) is 33.7 Å². The largest absolute Gasteiger partial charge is 0.497 e. The molecule has 0 fully saturated rings. The van der Waals surface area contributed by atoms with E-state index in [1.165, 1.54) is 25.5 Å². The summed E-state index contributed by atoms with van der Waals surface area (Å²) in [7, 11) is 4.65. The lowest BCUT2D eigenvalue weighted by Gasteiger charge is -2.29. The summed E-state index contributed by atoms with van der Waals surface area (Å²) in [5.74, 6) is 0.230. The molecule has 3 unspecified atom stereocenters. The van der Waals surface area contributed by atoms with Crippen LogP contribution in [-0.2, 0) is 24.0 Å².